The second-order valence-corrected chi connectivity index (χ2v) is 4.24. The molecule has 21 heavy (non-hydrogen) atoms. The fraction of sp³-hybridized carbons (Fsp3) is 0.0833. The van der Waals surface area contributed by atoms with Gasteiger partial charge < -0.3 is 10.7 Å². The Balaban J connectivity index is 2.20. The highest BCUT2D eigenvalue weighted by Crippen LogP contribution is 2.33. The van der Waals surface area contributed by atoms with Crippen LogP contribution in [-0.4, -0.2) is 19.9 Å². The largest absolute Gasteiger partial charge is 0.416 e. The Morgan fingerprint density at radius 1 is 1.14 bits per heavy atom. The number of nitrogens with zero attached hydrogens (tertiary/aromatic N) is 3. The molecule has 0 fully saturated rings. The molecular weight excluding hydrogens is 290 g/mol. The van der Waals surface area contributed by atoms with E-state index in [2.05, 4.69) is 19.9 Å². The molecule has 1 aromatic carbocycles. The van der Waals surface area contributed by atoms with Gasteiger partial charge in [0.25, 0.3) is 0 Å². The van der Waals surface area contributed by atoms with E-state index < -0.39 is 17.6 Å². The summed E-state index contributed by atoms with van der Waals surface area (Å²) in [6, 6.07) is 2.08. The molecule has 0 radical (unpaired) electrons. The van der Waals surface area contributed by atoms with Crippen molar-refractivity contribution >= 4 is 17.0 Å². The molecule has 0 bridgehead atoms. The van der Waals surface area contributed by atoms with Gasteiger partial charge in [0.2, 0.25) is 0 Å². The summed E-state index contributed by atoms with van der Waals surface area (Å²) in [4.78, 5) is 14.1. The Morgan fingerprint density at radius 2 is 1.90 bits per heavy atom. The van der Waals surface area contributed by atoms with Crippen LogP contribution in [0.5, 0.6) is 0 Å². The monoisotopic (exact) mass is 297 g/mol. The van der Waals surface area contributed by atoms with Crippen LogP contribution in [0, 0.1) is 5.82 Å². The van der Waals surface area contributed by atoms with Gasteiger partial charge in [-0.25, -0.2) is 19.3 Å². The third-order valence-corrected chi connectivity index (χ3v) is 2.87. The first-order valence-electron chi connectivity index (χ1n) is 5.69. The number of benzene rings is 1. The lowest BCUT2D eigenvalue weighted by Crippen LogP contribution is -2.05. The highest BCUT2D eigenvalue weighted by Gasteiger charge is 2.31. The van der Waals surface area contributed by atoms with Gasteiger partial charge in [0, 0.05) is 0 Å². The number of aromatic amines is 1. The topological polar surface area (TPSA) is 80.5 Å². The molecule has 0 saturated carbocycles. The summed E-state index contributed by atoms with van der Waals surface area (Å²) < 4.78 is 51.8. The Bertz CT molecular complexity index is 824. The van der Waals surface area contributed by atoms with Crippen molar-refractivity contribution in [3.8, 4) is 11.4 Å². The van der Waals surface area contributed by atoms with Crippen molar-refractivity contribution in [3.05, 3.63) is 35.9 Å². The Hall–Kier alpha value is -2.71. The standard InChI is InChI=1S/C12H7F4N5/c13-7-2-1-5(12(14,15)16)3-6(7)10-20-8-9(17)18-4-19-11(8)21-10/h1-4H,(H3,17,18,19,20,21). The summed E-state index contributed by atoms with van der Waals surface area (Å²) in [6.45, 7) is 0. The molecular formula is C12H7F4N5. The first-order valence-corrected chi connectivity index (χ1v) is 5.69. The summed E-state index contributed by atoms with van der Waals surface area (Å²) in [5, 5.41) is 0. The lowest BCUT2D eigenvalue weighted by Gasteiger charge is -2.08. The smallest absolute Gasteiger partial charge is 0.382 e. The van der Waals surface area contributed by atoms with Crippen LogP contribution < -0.4 is 5.73 Å². The van der Waals surface area contributed by atoms with Crippen molar-refractivity contribution in [1.82, 2.24) is 19.9 Å². The zero-order valence-electron chi connectivity index (χ0n) is 10.2. The van der Waals surface area contributed by atoms with Gasteiger partial charge in [-0.05, 0) is 18.2 Å². The first-order chi connectivity index (χ1) is 9.86. The van der Waals surface area contributed by atoms with Crippen molar-refractivity contribution < 1.29 is 17.6 Å². The molecule has 3 rings (SSSR count). The quantitative estimate of drug-likeness (QED) is 0.677. The third-order valence-electron chi connectivity index (χ3n) is 2.87. The Morgan fingerprint density at radius 3 is 2.57 bits per heavy atom. The number of alkyl halides is 3. The molecule has 0 spiro atoms. The van der Waals surface area contributed by atoms with Crippen molar-refractivity contribution in [3.63, 3.8) is 0 Å². The lowest BCUT2D eigenvalue weighted by atomic mass is 10.1. The first kappa shape index (κ1) is 13.3. The SMILES string of the molecule is Nc1ncnc2nc(-c3cc(C(F)(F)F)ccc3F)[nH]c12. The molecule has 9 heteroatoms. The van der Waals surface area contributed by atoms with Crippen LogP contribution in [0.3, 0.4) is 0 Å². The van der Waals surface area contributed by atoms with Gasteiger partial charge in [0.1, 0.15) is 23.5 Å². The van der Waals surface area contributed by atoms with E-state index in [1.54, 1.807) is 0 Å². The fourth-order valence-electron chi connectivity index (χ4n) is 1.86. The summed E-state index contributed by atoms with van der Waals surface area (Å²) >= 11 is 0. The zero-order chi connectivity index (χ0) is 15.2. The number of nitrogens with one attached hydrogen (secondary N) is 1. The third kappa shape index (κ3) is 2.26. The normalized spacial score (nSPS) is 12.0. The van der Waals surface area contributed by atoms with E-state index in [1.807, 2.05) is 0 Å². The summed E-state index contributed by atoms with van der Waals surface area (Å²) in [6.07, 6.45) is -3.42. The highest BCUT2D eigenvalue weighted by atomic mass is 19.4. The fourth-order valence-corrected chi connectivity index (χ4v) is 1.86. The second-order valence-electron chi connectivity index (χ2n) is 4.24. The highest BCUT2D eigenvalue weighted by molar-refractivity contribution is 5.84. The average Bonchev–Trinajstić information content (AvgIpc) is 2.83. The number of aromatic nitrogens is 4. The number of nitrogens with two attached hydrogens (primary N) is 1. The maximum absolute atomic E-state index is 13.8. The molecule has 5 nitrogen and oxygen atoms in total. The van der Waals surface area contributed by atoms with Crippen molar-refractivity contribution in [1.29, 1.82) is 0 Å². The van der Waals surface area contributed by atoms with Crippen LogP contribution in [-0.2, 0) is 6.18 Å². The van der Waals surface area contributed by atoms with Crippen molar-refractivity contribution in [2.24, 2.45) is 0 Å². The van der Waals surface area contributed by atoms with E-state index >= 15 is 0 Å². The minimum absolute atomic E-state index is 0.0751. The molecule has 0 unspecified atom stereocenters. The van der Waals surface area contributed by atoms with Crippen LogP contribution in [0.1, 0.15) is 5.56 Å². The number of H-pyrrole nitrogens is 1. The van der Waals surface area contributed by atoms with Crippen LogP contribution in [0.25, 0.3) is 22.6 Å². The van der Waals surface area contributed by atoms with E-state index in [-0.39, 0.29) is 28.4 Å². The number of imidazole rings is 1. The van der Waals surface area contributed by atoms with Gasteiger partial charge in [-0.15, -0.1) is 0 Å². The summed E-state index contributed by atoms with van der Waals surface area (Å²) in [7, 11) is 0. The predicted octanol–water partition coefficient (Wildman–Crippen LogP) is 2.76. The number of anilines is 1. The van der Waals surface area contributed by atoms with Gasteiger partial charge in [-0.3, -0.25) is 0 Å². The molecule has 3 aromatic rings. The van der Waals surface area contributed by atoms with Crippen LogP contribution in [0.4, 0.5) is 23.4 Å². The lowest BCUT2D eigenvalue weighted by molar-refractivity contribution is -0.137. The number of rotatable bonds is 1. The van der Waals surface area contributed by atoms with E-state index in [9.17, 15) is 17.6 Å². The minimum Gasteiger partial charge on any atom is -0.382 e. The average molecular weight is 297 g/mol. The number of hydrogen-bond donors (Lipinski definition) is 2. The summed E-state index contributed by atoms with van der Waals surface area (Å²) in [5.41, 5.74) is 4.69. The second kappa shape index (κ2) is 4.40. The molecule has 108 valence electrons. The van der Waals surface area contributed by atoms with Gasteiger partial charge in [0.15, 0.2) is 11.5 Å². The Labute approximate surface area is 114 Å². The molecule has 2 heterocycles. The molecule has 0 saturated heterocycles. The van der Waals surface area contributed by atoms with E-state index in [1.165, 1.54) is 0 Å². The molecule has 3 N–H and O–H groups in total. The van der Waals surface area contributed by atoms with Crippen LogP contribution >= 0.6 is 0 Å². The molecule has 2 aromatic heterocycles. The number of halogens is 4. The Kier molecular flexibility index (Phi) is 2.78. The van der Waals surface area contributed by atoms with Crippen LogP contribution in [0.15, 0.2) is 24.5 Å². The van der Waals surface area contributed by atoms with E-state index in [4.69, 9.17) is 5.73 Å². The van der Waals surface area contributed by atoms with Crippen molar-refractivity contribution in [2.75, 3.05) is 5.73 Å². The van der Waals surface area contributed by atoms with E-state index in [0.717, 1.165) is 12.4 Å². The number of hydrogen-bond acceptors (Lipinski definition) is 4. The minimum atomic E-state index is -4.58. The van der Waals surface area contributed by atoms with Gasteiger partial charge >= 0.3 is 6.18 Å². The maximum Gasteiger partial charge on any atom is 0.416 e. The van der Waals surface area contributed by atoms with Crippen LogP contribution in [0.2, 0.25) is 0 Å². The zero-order valence-corrected chi connectivity index (χ0v) is 10.2. The maximum atomic E-state index is 13.8. The molecule has 0 atom stereocenters. The van der Waals surface area contributed by atoms with Gasteiger partial charge in [0.05, 0.1) is 11.1 Å². The van der Waals surface area contributed by atoms with E-state index in [0.29, 0.717) is 12.1 Å². The number of nitrogen functional groups attached to an aromatic ring is 1. The summed E-state index contributed by atoms with van der Waals surface area (Å²) in [5.74, 6) is -0.861. The predicted molar refractivity (Wildman–Crippen MR) is 66.5 cm³/mol. The molecule has 0 aliphatic heterocycles. The molecule has 0 amide bonds. The molecule has 0 aliphatic rings. The molecule has 0 aliphatic carbocycles. The van der Waals surface area contributed by atoms with Gasteiger partial charge in [-0.2, -0.15) is 13.2 Å². The number of fused-ring (bicyclic) bond motifs is 1. The van der Waals surface area contributed by atoms with Crippen molar-refractivity contribution in [2.45, 2.75) is 6.18 Å². The van der Waals surface area contributed by atoms with Gasteiger partial charge in [-0.1, -0.05) is 0 Å².